The Hall–Kier alpha value is -2.74. The highest BCUT2D eigenvalue weighted by Crippen LogP contribution is 2.35. The van der Waals surface area contributed by atoms with Crippen LogP contribution in [0.3, 0.4) is 0 Å². The van der Waals surface area contributed by atoms with Crippen LogP contribution in [0, 0.1) is 0 Å². The lowest BCUT2D eigenvalue weighted by Crippen LogP contribution is -2.26. The molecule has 2 aliphatic heterocycles. The van der Waals surface area contributed by atoms with Crippen molar-refractivity contribution in [2.24, 2.45) is 0 Å². The van der Waals surface area contributed by atoms with Gasteiger partial charge in [0.05, 0.1) is 18.8 Å². The van der Waals surface area contributed by atoms with Crippen LogP contribution in [-0.4, -0.2) is 41.1 Å². The molecule has 1 amide bonds. The molecule has 1 fully saturated rings. The number of carbonyl (C=O) groups is 1. The van der Waals surface area contributed by atoms with Crippen LogP contribution in [-0.2, 0) is 11.4 Å². The van der Waals surface area contributed by atoms with Crippen molar-refractivity contribution in [3.05, 3.63) is 35.7 Å². The van der Waals surface area contributed by atoms with Gasteiger partial charge in [0.25, 0.3) is 5.91 Å². The first kappa shape index (κ1) is 13.9. The second kappa shape index (κ2) is 5.81. The second-order valence-corrected chi connectivity index (χ2v) is 5.18. The van der Waals surface area contributed by atoms with E-state index in [1.807, 2.05) is 0 Å². The lowest BCUT2D eigenvalue weighted by atomic mass is 10.3. The van der Waals surface area contributed by atoms with Gasteiger partial charge < -0.3 is 14.2 Å². The first-order valence-corrected chi connectivity index (χ1v) is 7.31. The fourth-order valence-electron chi connectivity index (χ4n) is 2.41. The van der Waals surface area contributed by atoms with Crippen molar-refractivity contribution in [2.45, 2.75) is 13.0 Å². The van der Waals surface area contributed by atoms with E-state index in [-0.39, 0.29) is 19.3 Å². The Morgan fingerprint density at radius 1 is 1.30 bits per heavy atom. The summed E-state index contributed by atoms with van der Waals surface area (Å²) in [5, 5.41) is 8.14. The SMILES string of the molecule is O=C(c1cc(COc2ccc3c(c2)OCO3)[nH]n1)N1CCCO1. The summed E-state index contributed by atoms with van der Waals surface area (Å²) in [6.07, 6.45) is 0.843. The minimum Gasteiger partial charge on any atom is -0.487 e. The third-order valence-electron chi connectivity index (χ3n) is 3.57. The van der Waals surface area contributed by atoms with Crippen molar-refractivity contribution >= 4 is 5.91 Å². The molecule has 2 aliphatic rings. The molecule has 2 aromatic rings. The molecule has 0 aliphatic carbocycles. The van der Waals surface area contributed by atoms with Gasteiger partial charge in [0.2, 0.25) is 6.79 Å². The number of amides is 1. The van der Waals surface area contributed by atoms with E-state index in [0.29, 0.717) is 41.8 Å². The number of hydrogen-bond donors (Lipinski definition) is 1. The number of rotatable bonds is 4. The molecule has 1 aromatic heterocycles. The molecule has 0 unspecified atom stereocenters. The van der Waals surface area contributed by atoms with E-state index in [1.54, 1.807) is 24.3 Å². The normalized spacial score (nSPS) is 15.9. The van der Waals surface area contributed by atoms with Crippen LogP contribution >= 0.6 is 0 Å². The number of nitrogens with one attached hydrogen (secondary N) is 1. The number of aromatic amines is 1. The fourth-order valence-corrected chi connectivity index (χ4v) is 2.41. The van der Waals surface area contributed by atoms with Crippen LogP contribution in [0.15, 0.2) is 24.3 Å². The molecular formula is C15H15N3O5. The predicted molar refractivity (Wildman–Crippen MR) is 77.1 cm³/mol. The Bertz CT molecular complexity index is 724. The van der Waals surface area contributed by atoms with E-state index in [2.05, 4.69) is 10.2 Å². The number of carbonyl (C=O) groups excluding carboxylic acids is 1. The molecule has 0 bridgehead atoms. The zero-order valence-electron chi connectivity index (χ0n) is 12.3. The van der Waals surface area contributed by atoms with Gasteiger partial charge in [0.15, 0.2) is 17.2 Å². The maximum atomic E-state index is 12.1. The Morgan fingerprint density at radius 2 is 2.22 bits per heavy atom. The van der Waals surface area contributed by atoms with E-state index in [0.717, 1.165) is 6.42 Å². The van der Waals surface area contributed by atoms with Crippen LogP contribution in [0.4, 0.5) is 0 Å². The molecule has 1 saturated heterocycles. The standard InChI is InChI=1S/C15H15N3O5/c19-15(18-4-1-5-23-18)12-6-10(16-17-12)8-20-11-2-3-13-14(7-11)22-9-21-13/h2-3,6-7H,1,4-5,8-9H2,(H,16,17). The number of nitrogens with zero attached hydrogens (tertiary/aromatic N) is 2. The molecule has 0 radical (unpaired) electrons. The third-order valence-corrected chi connectivity index (χ3v) is 3.57. The van der Waals surface area contributed by atoms with Crippen molar-refractivity contribution < 1.29 is 23.8 Å². The molecule has 8 nitrogen and oxygen atoms in total. The van der Waals surface area contributed by atoms with Crippen LogP contribution in [0.2, 0.25) is 0 Å². The minimum atomic E-state index is -0.243. The Morgan fingerprint density at radius 3 is 3.09 bits per heavy atom. The number of benzene rings is 1. The van der Waals surface area contributed by atoms with Crippen molar-refractivity contribution in [1.29, 1.82) is 0 Å². The van der Waals surface area contributed by atoms with E-state index in [1.165, 1.54) is 5.06 Å². The summed E-state index contributed by atoms with van der Waals surface area (Å²) in [7, 11) is 0. The van der Waals surface area contributed by atoms with Gasteiger partial charge in [-0.25, -0.2) is 5.06 Å². The van der Waals surface area contributed by atoms with E-state index >= 15 is 0 Å². The Balaban J connectivity index is 1.39. The minimum absolute atomic E-state index is 0.226. The first-order valence-electron chi connectivity index (χ1n) is 7.31. The third kappa shape index (κ3) is 2.80. The molecule has 4 rings (SSSR count). The maximum Gasteiger partial charge on any atom is 0.297 e. The van der Waals surface area contributed by atoms with Gasteiger partial charge in [-0.1, -0.05) is 0 Å². The smallest absolute Gasteiger partial charge is 0.297 e. The van der Waals surface area contributed by atoms with Crippen LogP contribution < -0.4 is 14.2 Å². The quantitative estimate of drug-likeness (QED) is 0.919. The Labute approximate surface area is 131 Å². The van der Waals surface area contributed by atoms with Crippen molar-refractivity contribution in [3.8, 4) is 17.2 Å². The van der Waals surface area contributed by atoms with Crippen molar-refractivity contribution in [2.75, 3.05) is 19.9 Å². The Kier molecular flexibility index (Phi) is 3.51. The lowest BCUT2D eigenvalue weighted by Gasteiger charge is -2.11. The van der Waals surface area contributed by atoms with Crippen LogP contribution in [0.5, 0.6) is 17.2 Å². The number of ether oxygens (including phenoxy) is 3. The summed E-state index contributed by atoms with van der Waals surface area (Å²) in [6.45, 7) is 1.65. The molecule has 1 aromatic carbocycles. The summed E-state index contributed by atoms with van der Waals surface area (Å²) in [6, 6.07) is 7.03. The molecule has 0 atom stereocenters. The topological polar surface area (TPSA) is 85.9 Å². The van der Waals surface area contributed by atoms with E-state index < -0.39 is 0 Å². The maximum absolute atomic E-state index is 12.1. The van der Waals surface area contributed by atoms with Gasteiger partial charge in [0.1, 0.15) is 12.4 Å². The van der Waals surface area contributed by atoms with E-state index in [4.69, 9.17) is 19.0 Å². The number of aromatic nitrogens is 2. The molecule has 3 heterocycles. The predicted octanol–water partition coefficient (Wildman–Crippen LogP) is 1.49. The fraction of sp³-hybridized carbons (Fsp3) is 0.333. The first-order chi connectivity index (χ1) is 11.3. The zero-order chi connectivity index (χ0) is 15.6. The molecule has 0 saturated carbocycles. The molecule has 0 spiro atoms. The summed E-state index contributed by atoms with van der Waals surface area (Å²) in [4.78, 5) is 17.3. The highest BCUT2D eigenvalue weighted by Gasteiger charge is 2.23. The highest BCUT2D eigenvalue weighted by atomic mass is 16.7. The van der Waals surface area contributed by atoms with Crippen LogP contribution in [0.1, 0.15) is 22.6 Å². The number of fused-ring (bicyclic) bond motifs is 1. The molecule has 8 heteroatoms. The summed E-state index contributed by atoms with van der Waals surface area (Å²) in [5.74, 6) is 1.78. The zero-order valence-corrected chi connectivity index (χ0v) is 12.3. The van der Waals surface area contributed by atoms with Crippen LogP contribution in [0.25, 0.3) is 0 Å². The molecule has 1 N–H and O–H groups in total. The van der Waals surface area contributed by atoms with Gasteiger partial charge >= 0.3 is 0 Å². The van der Waals surface area contributed by atoms with Gasteiger partial charge in [0, 0.05) is 6.07 Å². The van der Waals surface area contributed by atoms with E-state index in [9.17, 15) is 4.79 Å². The summed E-state index contributed by atoms with van der Waals surface area (Å²) >= 11 is 0. The largest absolute Gasteiger partial charge is 0.487 e. The average molecular weight is 317 g/mol. The molecule has 120 valence electrons. The molecular weight excluding hydrogens is 302 g/mol. The van der Waals surface area contributed by atoms with Crippen molar-refractivity contribution in [3.63, 3.8) is 0 Å². The highest BCUT2D eigenvalue weighted by molar-refractivity contribution is 5.91. The van der Waals surface area contributed by atoms with Gasteiger partial charge in [-0.15, -0.1) is 0 Å². The second-order valence-electron chi connectivity index (χ2n) is 5.18. The lowest BCUT2D eigenvalue weighted by molar-refractivity contribution is -0.0771. The monoisotopic (exact) mass is 317 g/mol. The van der Waals surface area contributed by atoms with Gasteiger partial charge in [-0.2, -0.15) is 5.10 Å². The number of H-pyrrole nitrogens is 1. The van der Waals surface area contributed by atoms with Gasteiger partial charge in [-0.05, 0) is 24.6 Å². The number of hydrogen-bond acceptors (Lipinski definition) is 6. The van der Waals surface area contributed by atoms with Gasteiger partial charge in [-0.3, -0.25) is 14.7 Å². The van der Waals surface area contributed by atoms with Crippen molar-refractivity contribution in [1.82, 2.24) is 15.3 Å². The average Bonchev–Trinajstić information content (AvgIpc) is 3.32. The molecule has 23 heavy (non-hydrogen) atoms. The summed E-state index contributed by atoms with van der Waals surface area (Å²) < 4.78 is 16.2. The number of hydroxylamine groups is 2. The summed E-state index contributed by atoms with van der Waals surface area (Å²) in [5.41, 5.74) is 1.02.